The average Bonchev–Trinajstić information content (AvgIpc) is 2.70. The number of aromatic hydroxyl groups is 1. The molecule has 4 rings (SSSR count). The van der Waals surface area contributed by atoms with Gasteiger partial charge in [0.05, 0.1) is 10.9 Å². The highest BCUT2D eigenvalue weighted by molar-refractivity contribution is 5.91. The predicted molar refractivity (Wildman–Crippen MR) is 96.6 cm³/mol. The maximum Gasteiger partial charge on any atom is 0.345 e. The van der Waals surface area contributed by atoms with Crippen LogP contribution in [0.5, 0.6) is 11.5 Å². The molecule has 4 aromatic rings. The molecule has 0 spiro atoms. The standard InChI is InChI=1S/C20H12N2O5/c23-15-10-12(19-22-18(24)14-5-1-2-6-16(14)26-19)7-8-17(15)27-20(25)13-4-3-9-21-11-13/h1-11,23H. The number of carbonyl (C=O) groups excluding carboxylic acids is 1. The molecule has 27 heavy (non-hydrogen) atoms. The summed E-state index contributed by atoms with van der Waals surface area (Å²) in [6, 6.07) is 14.1. The van der Waals surface area contributed by atoms with Gasteiger partial charge in [-0.2, -0.15) is 4.98 Å². The Bertz CT molecular complexity index is 1200. The zero-order valence-corrected chi connectivity index (χ0v) is 13.8. The molecule has 0 saturated heterocycles. The number of fused-ring (bicyclic) bond motifs is 1. The fraction of sp³-hybridized carbons (Fsp3) is 0. The van der Waals surface area contributed by atoms with Crippen molar-refractivity contribution in [1.29, 1.82) is 0 Å². The van der Waals surface area contributed by atoms with Crippen LogP contribution in [-0.4, -0.2) is 21.0 Å². The average molecular weight is 360 g/mol. The van der Waals surface area contributed by atoms with Gasteiger partial charge in [0.1, 0.15) is 5.58 Å². The first kappa shape index (κ1) is 16.5. The minimum absolute atomic E-state index is 0.0317. The lowest BCUT2D eigenvalue weighted by molar-refractivity contribution is 0.0729. The van der Waals surface area contributed by atoms with E-state index < -0.39 is 11.5 Å². The van der Waals surface area contributed by atoms with E-state index in [4.69, 9.17) is 9.15 Å². The number of nitrogens with zero attached hydrogens (tertiary/aromatic N) is 2. The zero-order valence-electron chi connectivity index (χ0n) is 13.8. The second kappa shape index (κ2) is 6.72. The van der Waals surface area contributed by atoms with Crippen molar-refractivity contribution in [2.45, 2.75) is 0 Å². The maximum absolute atomic E-state index is 12.1. The number of para-hydroxylation sites is 1. The highest BCUT2D eigenvalue weighted by atomic mass is 16.5. The lowest BCUT2D eigenvalue weighted by Gasteiger charge is -2.08. The molecule has 0 aliphatic heterocycles. The summed E-state index contributed by atoms with van der Waals surface area (Å²) >= 11 is 0. The molecule has 0 fully saturated rings. The number of phenols is 1. The smallest absolute Gasteiger partial charge is 0.345 e. The Kier molecular flexibility index (Phi) is 4.10. The minimum Gasteiger partial charge on any atom is -0.504 e. The molecule has 0 unspecified atom stereocenters. The molecular formula is C20H12N2O5. The molecule has 0 aliphatic rings. The van der Waals surface area contributed by atoms with Crippen LogP contribution in [0.1, 0.15) is 10.4 Å². The molecule has 7 heteroatoms. The van der Waals surface area contributed by atoms with Gasteiger partial charge < -0.3 is 14.3 Å². The Labute approximate surface area is 152 Å². The van der Waals surface area contributed by atoms with Crippen LogP contribution >= 0.6 is 0 Å². The highest BCUT2D eigenvalue weighted by Gasteiger charge is 2.14. The van der Waals surface area contributed by atoms with E-state index in [1.165, 1.54) is 30.6 Å². The van der Waals surface area contributed by atoms with Crippen molar-refractivity contribution in [3.8, 4) is 23.0 Å². The number of phenolic OH excluding ortho intramolecular Hbond substituents is 1. The van der Waals surface area contributed by atoms with Gasteiger partial charge in [-0.3, -0.25) is 9.78 Å². The Morgan fingerprint density at radius 3 is 2.70 bits per heavy atom. The second-order valence-corrected chi connectivity index (χ2v) is 5.63. The van der Waals surface area contributed by atoms with Crippen LogP contribution in [-0.2, 0) is 0 Å². The largest absolute Gasteiger partial charge is 0.504 e. The number of hydrogen-bond acceptors (Lipinski definition) is 7. The molecule has 0 bridgehead atoms. The van der Waals surface area contributed by atoms with Crippen LogP contribution in [0.15, 0.2) is 76.2 Å². The highest BCUT2D eigenvalue weighted by Crippen LogP contribution is 2.31. The quantitative estimate of drug-likeness (QED) is 0.442. The zero-order chi connectivity index (χ0) is 18.8. The summed E-state index contributed by atoms with van der Waals surface area (Å²) < 4.78 is 10.8. The summed E-state index contributed by atoms with van der Waals surface area (Å²) in [5.74, 6) is -0.918. The number of pyridine rings is 1. The van der Waals surface area contributed by atoms with Gasteiger partial charge in [0.25, 0.3) is 5.56 Å². The number of rotatable bonds is 3. The summed E-state index contributed by atoms with van der Waals surface area (Å²) in [4.78, 5) is 31.9. The van der Waals surface area contributed by atoms with Crippen molar-refractivity contribution in [2.75, 3.05) is 0 Å². The number of ether oxygens (including phenoxy) is 1. The summed E-state index contributed by atoms with van der Waals surface area (Å²) in [6.07, 6.45) is 2.90. The molecule has 0 saturated carbocycles. The fourth-order valence-corrected chi connectivity index (χ4v) is 2.51. The molecule has 7 nitrogen and oxygen atoms in total. The number of hydrogen-bond donors (Lipinski definition) is 1. The molecule has 0 aliphatic carbocycles. The molecule has 2 heterocycles. The van der Waals surface area contributed by atoms with Crippen molar-refractivity contribution in [2.24, 2.45) is 0 Å². The monoisotopic (exact) mass is 360 g/mol. The van der Waals surface area contributed by atoms with Gasteiger partial charge in [0.2, 0.25) is 5.89 Å². The molecule has 0 radical (unpaired) electrons. The number of esters is 1. The van der Waals surface area contributed by atoms with Gasteiger partial charge >= 0.3 is 5.97 Å². The first-order valence-corrected chi connectivity index (χ1v) is 7.97. The Balaban J connectivity index is 1.66. The fourth-order valence-electron chi connectivity index (χ4n) is 2.51. The Hall–Kier alpha value is -4.00. The lowest BCUT2D eigenvalue weighted by Crippen LogP contribution is -2.09. The topological polar surface area (TPSA) is 103 Å². The third kappa shape index (κ3) is 3.25. The minimum atomic E-state index is -0.651. The third-order valence-corrected chi connectivity index (χ3v) is 3.83. The summed E-state index contributed by atoms with van der Waals surface area (Å²) in [7, 11) is 0. The molecule has 132 valence electrons. The molecule has 0 atom stereocenters. The van der Waals surface area contributed by atoms with E-state index in [1.807, 2.05) is 0 Å². The van der Waals surface area contributed by atoms with E-state index in [0.717, 1.165) is 0 Å². The summed E-state index contributed by atoms with van der Waals surface area (Å²) in [6.45, 7) is 0. The van der Waals surface area contributed by atoms with Crippen molar-refractivity contribution in [3.63, 3.8) is 0 Å². The first-order valence-electron chi connectivity index (χ1n) is 7.97. The maximum atomic E-state index is 12.1. The van der Waals surface area contributed by atoms with E-state index in [2.05, 4.69) is 9.97 Å². The Morgan fingerprint density at radius 1 is 1.07 bits per heavy atom. The van der Waals surface area contributed by atoms with E-state index in [0.29, 0.717) is 16.5 Å². The molecule has 1 N–H and O–H groups in total. The summed E-state index contributed by atoms with van der Waals surface area (Å²) in [5, 5.41) is 10.6. The van der Waals surface area contributed by atoms with E-state index in [9.17, 15) is 14.7 Å². The van der Waals surface area contributed by atoms with Crippen molar-refractivity contribution < 1.29 is 19.1 Å². The number of carbonyl (C=O) groups is 1. The van der Waals surface area contributed by atoms with Gasteiger partial charge in [-0.15, -0.1) is 0 Å². The van der Waals surface area contributed by atoms with E-state index in [1.54, 1.807) is 36.4 Å². The van der Waals surface area contributed by atoms with Gasteiger partial charge in [-0.25, -0.2) is 4.79 Å². The molecule has 2 aromatic carbocycles. The van der Waals surface area contributed by atoms with Crippen LogP contribution < -0.4 is 10.3 Å². The Morgan fingerprint density at radius 2 is 1.93 bits per heavy atom. The third-order valence-electron chi connectivity index (χ3n) is 3.83. The van der Waals surface area contributed by atoms with Gasteiger partial charge in [-0.1, -0.05) is 12.1 Å². The van der Waals surface area contributed by atoms with Crippen LogP contribution in [0, 0.1) is 0 Å². The van der Waals surface area contributed by atoms with Crippen LogP contribution in [0.2, 0.25) is 0 Å². The molecule has 0 amide bonds. The number of benzene rings is 2. The first-order chi connectivity index (χ1) is 13.1. The van der Waals surface area contributed by atoms with E-state index >= 15 is 0 Å². The normalized spacial score (nSPS) is 10.7. The molecule has 2 aromatic heterocycles. The lowest BCUT2D eigenvalue weighted by atomic mass is 10.2. The van der Waals surface area contributed by atoms with Gasteiger partial charge in [0.15, 0.2) is 11.5 Å². The van der Waals surface area contributed by atoms with Crippen LogP contribution in [0.3, 0.4) is 0 Å². The van der Waals surface area contributed by atoms with E-state index in [-0.39, 0.29) is 23.0 Å². The van der Waals surface area contributed by atoms with Gasteiger partial charge in [-0.05, 0) is 42.5 Å². The SMILES string of the molecule is O=C(Oc1ccc(-c2nc(=O)c3ccccc3o2)cc1O)c1cccnc1. The van der Waals surface area contributed by atoms with Gasteiger partial charge in [0, 0.05) is 18.0 Å². The van der Waals surface area contributed by atoms with Crippen molar-refractivity contribution in [1.82, 2.24) is 9.97 Å². The van der Waals surface area contributed by atoms with Crippen LogP contribution in [0.4, 0.5) is 0 Å². The number of aromatic nitrogens is 2. The predicted octanol–water partition coefficient (Wildman–Crippen LogP) is 3.17. The van der Waals surface area contributed by atoms with Crippen LogP contribution in [0.25, 0.3) is 22.4 Å². The van der Waals surface area contributed by atoms with Crippen molar-refractivity contribution >= 4 is 16.9 Å². The second-order valence-electron chi connectivity index (χ2n) is 5.63. The van der Waals surface area contributed by atoms with Crippen molar-refractivity contribution in [3.05, 3.63) is 82.9 Å². The molecular weight excluding hydrogens is 348 g/mol. The summed E-state index contributed by atoms with van der Waals surface area (Å²) in [5.41, 5.74) is 0.581.